The van der Waals surface area contributed by atoms with E-state index in [0.29, 0.717) is 36.7 Å². The molecule has 0 atom stereocenters. The zero-order valence-corrected chi connectivity index (χ0v) is 18.5. The molecule has 0 saturated carbocycles. The number of nitrogens with zero attached hydrogens (tertiary/aromatic N) is 1. The molecule has 158 valence electrons. The molecule has 0 aliphatic heterocycles. The predicted octanol–water partition coefficient (Wildman–Crippen LogP) is 3.94. The minimum Gasteiger partial charge on any atom is -0.352 e. The van der Waals surface area contributed by atoms with E-state index in [-0.39, 0.29) is 29.9 Å². The van der Waals surface area contributed by atoms with Crippen LogP contribution in [0.3, 0.4) is 0 Å². The Kier molecular flexibility index (Phi) is 9.93. The van der Waals surface area contributed by atoms with Crippen LogP contribution in [0.1, 0.15) is 34.0 Å². The van der Waals surface area contributed by atoms with Gasteiger partial charge in [-0.25, -0.2) is 0 Å². The molecule has 0 aromatic heterocycles. The van der Waals surface area contributed by atoms with Crippen molar-refractivity contribution in [2.45, 2.75) is 26.2 Å². The Bertz CT molecular complexity index is 823. The largest absolute Gasteiger partial charge is 0.416 e. The van der Waals surface area contributed by atoms with Gasteiger partial charge in [-0.2, -0.15) is 13.2 Å². The Morgan fingerprint density at radius 3 is 2.14 bits per heavy atom. The van der Waals surface area contributed by atoms with E-state index in [9.17, 15) is 18.0 Å². The molecule has 2 aromatic carbocycles. The van der Waals surface area contributed by atoms with E-state index in [1.807, 2.05) is 13.0 Å². The molecular weight excluding hydrogens is 496 g/mol. The Morgan fingerprint density at radius 1 is 0.966 bits per heavy atom. The molecule has 0 fully saturated rings. The number of aliphatic imine (C=N–C) groups is 1. The number of carbonyl (C=O) groups is 1. The minimum absolute atomic E-state index is 0. The third kappa shape index (κ3) is 7.92. The van der Waals surface area contributed by atoms with Crippen LogP contribution in [0.2, 0.25) is 0 Å². The SMILES string of the molecule is CCNC(=O)c1cccc(CNC(=NC)NCc2ccc(C(F)(F)F)cc2)c1.I. The van der Waals surface area contributed by atoms with E-state index in [4.69, 9.17) is 0 Å². The summed E-state index contributed by atoms with van der Waals surface area (Å²) in [4.78, 5) is 16.0. The molecule has 5 nitrogen and oxygen atoms in total. The minimum atomic E-state index is -4.34. The summed E-state index contributed by atoms with van der Waals surface area (Å²) in [6.07, 6.45) is -4.34. The molecule has 0 saturated heterocycles. The van der Waals surface area contributed by atoms with E-state index in [1.54, 1.807) is 25.2 Å². The maximum Gasteiger partial charge on any atom is 0.416 e. The summed E-state index contributed by atoms with van der Waals surface area (Å²) in [6.45, 7) is 3.19. The second-order valence-corrected chi connectivity index (χ2v) is 6.03. The van der Waals surface area contributed by atoms with Crippen LogP contribution >= 0.6 is 24.0 Å². The quantitative estimate of drug-likeness (QED) is 0.307. The lowest BCUT2D eigenvalue weighted by atomic mass is 10.1. The highest BCUT2D eigenvalue weighted by Crippen LogP contribution is 2.29. The van der Waals surface area contributed by atoms with Crippen LogP contribution in [-0.2, 0) is 19.3 Å². The molecule has 2 rings (SSSR count). The number of alkyl halides is 3. The zero-order valence-electron chi connectivity index (χ0n) is 16.1. The fraction of sp³-hybridized carbons (Fsp3) is 0.300. The molecular formula is C20H24F3IN4O. The number of benzene rings is 2. The molecule has 0 aliphatic carbocycles. The summed E-state index contributed by atoms with van der Waals surface area (Å²) >= 11 is 0. The van der Waals surface area contributed by atoms with Crippen LogP contribution in [0.4, 0.5) is 13.2 Å². The molecule has 9 heteroatoms. The van der Waals surface area contributed by atoms with Gasteiger partial charge in [0, 0.05) is 32.2 Å². The van der Waals surface area contributed by atoms with Gasteiger partial charge in [-0.3, -0.25) is 9.79 Å². The van der Waals surface area contributed by atoms with E-state index in [0.717, 1.165) is 17.7 Å². The third-order valence-electron chi connectivity index (χ3n) is 3.95. The Labute approximate surface area is 185 Å². The first-order valence-electron chi connectivity index (χ1n) is 8.81. The van der Waals surface area contributed by atoms with Crippen molar-refractivity contribution in [1.29, 1.82) is 0 Å². The lowest BCUT2D eigenvalue weighted by molar-refractivity contribution is -0.137. The van der Waals surface area contributed by atoms with Gasteiger partial charge in [0.25, 0.3) is 5.91 Å². The molecule has 0 unspecified atom stereocenters. The van der Waals surface area contributed by atoms with E-state index in [2.05, 4.69) is 20.9 Å². The molecule has 3 N–H and O–H groups in total. The maximum atomic E-state index is 12.6. The van der Waals surface area contributed by atoms with Crippen molar-refractivity contribution in [2.24, 2.45) is 4.99 Å². The van der Waals surface area contributed by atoms with Gasteiger partial charge in [-0.05, 0) is 42.3 Å². The average molecular weight is 520 g/mol. The van der Waals surface area contributed by atoms with Crippen LogP contribution in [0.25, 0.3) is 0 Å². The molecule has 0 heterocycles. The summed E-state index contributed by atoms with van der Waals surface area (Å²) in [6, 6.07) is 12.2. The number of hydrogen-bond acceptors (Lipinski definition) is 2. The smallest absolute Gasteiger partial charge is 0.352 e. The number of amides is 1. The summed E-state index contributed by atoms with van der Waals surface area (Å²) in [7, 11) is 1.60. The Balaban J connectivity index is 0.00000420. The summed E-state index contributed by atoms with van der Waals surface area (Å²) < 4.78 is 37.8. The monoisotopic (exact) mass is 520 g/mol. The van der Waals surface area contributed by atoms with Crippen LogP contribution in [0.5, 0.6) is 0 Å². The first-order chi connectivity index (χ1) is 13.3. The van der Waals surface area contributed by atoms with Crippen LogP contribution in [0.15, 0.2) is 53.5 Å². The van der Waals surface area contributed by atoms with Gasteiger partial charge in [0.2, 0.25) is 0 Å². The van der Waals surface area contributed by atoms with Crippen molar-refractivity contribution in [1.82, 2.24) is 16.0 Å². The lowest BCUT2D eigenvalue weighted by Gasteiger charge is -2.13. The van der Waals surface area contributed by atoms with Crippen LogP contribution < -0.4 is 16.0 Å². The second-order valence-electron chi connectivity index (χ2n) is 6.03. The second kappa shape index (κ2) is 11.6. The van der Waals surface area contributed by atoms with Crippen molar-refractivity contribution in [3.05, 3.63) is 70.8 Å². The van der Waals surface area contributed by atoms with Gasteiger partial charge in [-0.15, -0.1) is 24.0 Å². The van der Waals surface area contributed by atoms with Crippen LogP contribution in [-0.4, -0.2) is 25.5 Å². The predicted molar refractivity (Wildman–Crippen MR) is 118 cm³/mol. The standard InChI is InChI=1S/C20H23F3N4O.HI/c1-3-25-18(28)16-6-4-5-15(11-16)13-27-19(24-2)26-12-14-7-9-17(10-8-14)20(21,22)23;/h4-11H,3,12-13H2,1-2H3,(H,25,28)(H2,24,26,27);1H. The number of halogens is 4. The van der Waals surface area contributed by atoms with Crippen molar-refractivity contribution < 1.29 is 18.0 Å². The van der Waals surface area contributed by atoms with Gasteiger partial charge in [-0.1, -0.05) is 24.3 Å². The van der Waals surface area contributed by atoms with Crippen molar-refractivity contribution >= 4 is 35.8 Å². The molecule has 0 aliphatic rings. The molecule has 0 radical (unpaired) electrons. The van der Waals surface area contributed by atoms with Gasteiger partial charge < -0.3 is 16.0 Å². The molecule has 0 spiro atoms. The lowest BCUT2D eigenvalue weighted by Crippen LogP contribution is -2.36. The number of nitrogens with one attached hydrogen (secondary N) is 3. The first-order valence-corrected chi connectivity index (χ1v) is 8.81. The topological polar surface area (TPSA) is 65.5 Å². The zero-order chi connectivity index (χ0) is 20.6. The van der Waals surface area contributed by atoms with Crippen molar-refractivity contribution in [2.75, 3.05) is 13.6 Å². The molecule has 29 heavy (non-hydrogen) atoms. The number of carbonyl (C=O) groups excluding carboxylic acids is 1. The van der Waals surface area contributed by atoms with Gasteiger partial charge in [0.1, 0.15) is 0 Å². The third-order valence-corrected chi connectivity index (χ3v) is 3.95. The Hall–Kier alpha value is -2.30. The van der Waals surface area contributed by atoms with Gasteiger partial charge in [0.05, 0.1) is 5.56 Å². The summed E-state index contributed by atoms with van der Waals surface area (Å²) in [5.74, 6) is 0.373. The highest BCUT2D eigenvalue weighted by Gasteiger charge is 2.29. The number of rotatable bonds is 6. The molecule has 1 amide bonds. The van der Waals surface area contributed by atoms with Crippen LogP contribution in [0, 0.1) is 0 Å². The average Bonchev–Trinajstić information content (AvgIpc) is 2.68. The number of hydrogen-bond donors (Lipinski definition) is 3. The molecule has 2 aromatic rings. The highest BCUT2D eigenvalue weighted by atomic mass is 127. The number of guanidine groups is 1. The van der Waals surface area contributed by atoms with E-state index >= 15 is 0 Å². The highest BCUT2D eigenvalue weighted by molar-refractivity contribution is 14.0. The first kappa shape index (κ1) is 24.7. The molecule has 0 bridgehead atoms. The maximum absolute atomic E-state index is 12.6. The normalized spacial score (nSPS) is 11.4. The van der Waals surface area contributed by atoms with Crippen molar-refractivity contribution in [3.63, 3.8) is 0 Å². The van der Waals surface area contributed by atoms with Gasteiger partial charge >= 0.3 is 6.18 Å². The van der Waals surface area contributed by atoms with E-state index < -0.39 is 11.7 Å². The Morgan fingerprint density at radius 2 is 1.59 bits per heavy atom. The summed E-state index contributed by atoms with van der Waals surface area (Å²) in [5.41, 5.74) is 1.51. The summed E-state index contributed by atoms with van der Waals surface area (Å²) in [5, 5.41) is 8.92. The van der Waals surface area contributed by atoms with Gasteiger partial charge in [0.15, 0.2) is 5.96 Å². The fourth-order valence-corrected chi connectivity index (χ4v) is 2.49. The van der Waals surface area contributed by atoms with E-state index in [1.165, 1.54) is 12.1 Å². The van der Waals surface area contributed by atoms with Crippen molar-refractivity contribution in [3.8, 4) is 0 Å². The fourth-order valence-electron chi connectivity index (χ4n) is 2.49.